The molecule has 1 atom stereocenters. The molecule has 6 heteroatoms. The molecule has 6 nitrogen and oxygen atoms in total. The topological polar surface area (TPSA) is 69.2 Å². The van der Waals surface area contributed by atoms with Gasteiger partial charge in [0, 0.05) is 11.3 Å². The second kappa shape index (κ2) is 5.64. The Kier molecular flexibility index (Phi) is 3.34. The average Bonchev–Trinajstić information content (AvgIpc) is 3.05. The summed E-state index contributed by atoms with van der Waals surface area (Å²) in [4.78, 5) is 17.1. The van der Waals surface area contributed by atoms with E-state index in [1.54, 1.807) is 30.3 Å². The molecule has 2 aliphatic rings. The largest absolute Gasteiger partial charge is 0.492 e. The third-order valence-corrected chi connectivity index (χ3v) is 3.72. The van der Waals surface area contributed by atoms with E-state index in [4.69, 9.17) is 14.3 Å². The zero-order valence-corrected chi connectivity index (χ0v) is 12.2. The molecule has 1 N–H and O–H groups in total. The minimum Gasteiger partial charge on any atom is -0.492 e. The summed E-state index contributed by atoms with van der Waals surface area (Å²) >= 11 is 0. The Morgan fingerprint density at radius 3 is 2.91 bits per heavy atom. The van der Waals surface area contributed by atoms with Gasteiger partial charge in [0.05, 0.1) is 5.92 Å². The van der Waals surface area contributed by atoms with Crippen LogP contribution in [-0.2, 0) is 4.84 Å². The fourth-order valence-corrected chi connectivity index (χ4v) is 2.61. The number of rotatable bonds is 2. The lowest BCUT2D eigenvalue weighted by Crippen LogP contribution is -2.27. The first-order valence-electron chi connectivity index (χ1n) is 7.30. The van der Waals surface area contributed by atoms with Crippen LogP contribution in [0.1, 0.15) is 5.56 Å². The van der Waals surface area contributed by atoms with Gasteiger partial charge in [0.2, 0.25) is 0 Å². The van der Waals surface area contributed by atoms with Gasteiger partial charge in [-0.2, -0.15) is 0 Å². The van der Waals surface area contributed by atoms with Gasteiger partial charge in [-0.05, 0) is 30.3 Å². The van der Waals surface area contributed by atoms with Crippen LogP contribution in [0.25, 0.3) is 0 Å². The highest BCUT2D eigenvalue weighted by Crippen LogP contribution is 2.32. The number of nitrogens with zero attached hydrogens (tertiary/aromatic N) is 1. The van der Waals surface area contributed by atoms with Crippen molar-refractivity contribution in [1.82, 2.24) is 0 Å². The van der Waals surface area contributed by atoms with Gasteiger partial charge in [-0.1, -0.05) is 23.4 Å². The number of benzene rings is 2. The van der Waals surface area contributed by atoms with Gasteiger partial charge in [-0.25, -0.2) is 4.79 Å². The molecule has 2 heterocycles. The Morgan fingerprint density at radius 1 is 1.17 bits per heavy atom. The monoisotopic (exact) mass is 310 g/mol. The summed E-state index contributed by atoms with van der Waals surface area (Å²) in [5, 5.41) is 6.79. The van der Waals surface area contributed by atoms with E-state index < -0.39 is 6.09 Å². The average molecular weight is 310 g/mol. The van der Waals surface area contributed by atoms with E-state index in [1.165, 1.54) is 0 Å². The molecule has 0 aromatic heterocycles. The van der Waals surface area contributed by atoms with E-state index >= 15 is 0 Å². The third-order valence-electron chi connectivity index (χ3n) is 3.72. The maximum Gasteiger partial charge on any atom is 0.417 e. The summed E-state index contributed by atoms with van der Waals surface area (Å²) in [6, 6.07) is 14.3. The molecule has 1 unspecified atom stereocenters. The number of fused-ring (bicyclic) bond motifs is 3. The first-order chi connectivity index (χ1) is 11.3. The van der Waals surface area contributed by atoms with Crippen LogP contribution in [0.5, 0.6) is 11.5 Å². The number of amides is 1. The van der Waals surface area contributed by atoms with E-state index in [1.807, 2.05) is 18.2 Å². The molecular weight excluding hydrogens is 296 g/mol. The van der Waals surface area contributed by atoms with Crippen molar-refractivity contribution in [3.8, 4) is 11.5 Å². The molecule has 0 bridgehead atoms. The number of ether oxygens (including phenoxy) is 2. The van der Waals surface area contributed by atoms with Gasteiger partial charge in [0.15, 0.2) is 0 Å². The normalized spacial score (nSPS) is 17.9. The van der Waals surface area contributed by atoms with Crippen molar-refractivity contribution in [1.29, 1.82) is 0 Å². The molecule has 0 fully saturated rings. The van der Waals surface area contributed by atoms with E-state index in [9.17, 15) is 4.79 Å². The minimum absolute atomic E-state index is 0.147. The molecular formula is C17H14N2O4. The first kappa shape index (κ1) is 13.6. The van der Waals surface area contributed by atoms with Crippen molar-refractivity contribution in [3.63, 3.8) is 0 Å². The van der Waals surface area contributed by atoms with Crippen molar-refractivity contribution in [2.75, 3.05) is 18.5 Å². The quantitative estimate of drug-likeness (QED) is 0.925. The Morgan fingerprint density at radius 2 is 2.04 bits per heavy atom. The molecule has 2 aliphatic heterocycles. The van der Waals surface area contributed by atoms with Crippen molar-refractivity contribution < 1.29 is 19.1 Å². The smallest absolute Gasteiger partial charge is 0.417 e. The molecule has 0 saturated heterocycles. The van der Waals surface area contributed by atoms with Crippen LogP contribution in [0.4, 0.5) is 10.5 Å². The van der Waals surface area contributed by atoms with Gasteiger partial charge in [-0.15, -0.1) is 0 Å². The lowest BCUT2D eigenvalue weighted by molar-refractivity contribution is 0.137. The molecule has 0 spiro atoms. The number of carbonyl (C=O) groups is 1. The SMILES string of the molecule is O=C(Nc1ccc2c(c1)C1=NOCC1CO2)Oc1ccccc1. The molecule has 2 aromatic rings. The van der Waals surface area contributed by atoms with Crippen LogP contribution in [-0.4, -0.2) is 25.0 Å². The van der Waals surface area contributed by atoms with Crippen LogP contribution in [0.3, 0.4) is 0 Å². The number of hydrogen-bond donors (Lipinski definition) is 1. The van der Waals surface area contributed by atoms with Crippen molar-refractivity contribution in [3.05, 3.63) is 54.1 Å². The number of hydrogen-bond acceptors (Lipinski definition) is 5. The Balaban J connectivity index is 1.52. The van der Waals surface area contributed by atoms with Gasteiger partial charge in [0.1, 0.15) is 30.4 Å². The summed E-state index contributed by atoms with van der Waals surface area (Å²) in [5.74, 6) is 1.38. The fraction of sp³-hybridized carbons (Fsp3) is 0.176. The van der Waals surface area contributed by atoms with E-state index in [0.29, 0.717) is 24.7 Å². The van der Waals surface area contributed by atoms with Crippen LogP contribution in [0.15, 0.2) is 53.7 Å². The predicted molar refractivity (Wildman–Crippen MR) is 84.0 cm³/mol. The van der Waals surface area contributed by atoms with Gasteiger partial charge in [0.25, 0.3) is 0 Å². The van der Waals surface area contributed by atoms with E-state index in [0.717, 1.165) is 17.0 Å². The second-order valence-electron chi connectivity index (χ2n) is 5.32. The maximum atomic E-state index is 12.0. The van der Waals surface area contributed by atoms with Gasteiger partial charge >= 0.3 is 6.09 Å². The highest BCUT2D eigenvalue weighted by Gasteiger charge is 2.32. The summed E-state index contributed by atoms with van der Waals surface area (Å²) in [6.45, 7) is 1.09. The molecule has 23 heavy (non-hydrogen) atoms. The highest BCUT2D eigenvalue weighted by atomic mass is 16.6. The molecule has 0 radical (unpaired) electrons. The molecule has 116 valence electrons. The highest BCUT2D eigenvalue weighted by molar-refractivity contribution is 6.06. The van der Waals surface area contributed by atoms with Crippen LogP contribution < -0.4 is 14.8 Å². The summed E-state index contributed by atoms with van der Waals surface area (Å²) in [5.41, 5.74) is 2.33. The molecule has 4 rings (SSSR count). The first-order valence-corrected chi connectivity index (χ1v) is 7.30. The van der Waals surface area contributed by atoms with Crippen LogP contribution >= 0.6 is 0 Å². The molecule has 1 amide bonds. The van der Waals surface area contributed by atoms with Gasteiger partial charge in [-0.3, -0.25) is 5.32 Å². The lowest BCUT2D eigenvalue weighted by atomic mass is 9.95. The Labute approximate surface area is 132 Å². The van der Waals surface area contributed by atoms with Crippen LogP contribution in [0.2, 0.25) is 0 Å². The summed E-state index contributed by atoms with van der Waals surface area (Å²) < 4.78 is 10.9. The Hall–Kier alpha value is -3.02. The predicted octanol–water partition coefficient (Wildman–Crippen LogP) is 3.04. The van der Waals surface area contributed by atoms with Crippen molar-refractivity contribution in [2.45, 2.75) is 0 Å². The number of anilines is 1. The molecule has 0 saturated carbocycles. The standard InChI is InChI=1S/C17H14N2O4/c20-17(23-13-4-2-1-3-5-13)18-12-6-7-15-14(8-12)16-11(9-21-15)10-22-19-16/h1-8,11H,9-10H2,(H,18,20). The second-order valence-corrected chi connectivity index (χ2v) is 5.32. The Bertz CT molecular complexity index is 773. The van der Waals surface area contributed by atoms with Crippen LogP contribution in [0, 0.1) is 5.92 Å². The number of oxime groups is 1. The van der Waals surface area contributed by atoms with Crippen molar-refractivity contribution >= 4 is 17.5 Å². The number of nitrogens with one attached hydrogen (secondary N) is 1. The maximum absolute atomic E-state index is 12.0. The number of carbonyl (C=O) groups excluding carboxylic acids is 1. The minimum atomic E-state index is -0.547. The summed E-state index contributed by atoms with van der Waals surface area (Å²) in [6.07, 6.45) is -0.547. The molecule has 2 aromatic carbocycles. The van der Waals surface area contributed by atoms with Crippen molar-refractivity contribution in [2.24, 2.45) is 11.1 Å². The fourth-order valence-electron chi connectivity index (χ4n) is 2.61. The van der Waals surface area contributed by atoms with E-state index in [2.05, 4.69) is 10.5 Å². The third kappa shape index (κ3) is 2.70. The molecule has 0 aliphatic carbocycles. The number of para-hydroxylation sites is 1. The lowest BCUT2D eigenvalue weighted by Gasteiger charge is -2.22. The van der Waals surface area contributed by atoms with Gasteiger partial charge < -0.3 is 14.3 Å². The zero-order chi connectivity index (χ0) is 15.6. The zero-order valence-electron chi connectivity index (χ0n) is 12.2. The summed E-state index contributed by atoms with van der Waals surface area (Å²) in [7, 11) is 0. The van der Waals surface area contributed by atoms with E-state index in [-0.39, 0.29) is 5.92 Å².